The van der Waals surface area contributed by atoms with Gasteiger partial charge in [-0.1, -0.05) is 31.2 Å². The van der Waals surface area contributed by atoms with Crippen molar-refractivity contribution in [3.05, 3.63) is 59.7 Å². The van der Waals surface area contributed by atoms with E-state index in [1.54, 1.807) is 14.2 Å². The lowest BCUT2D eigenvalue weighted by Crippen LogP contribution is -2.37. The third-order valence-corrected chi connectivity index (χ3v) is 4.69. The first kappa shape index (κ1) is 24.1. The Morgan fingerprint density at radius 1 is 1.04 bits per heavy atom. The molecule has 28 heavy (non-hydrogen) atoms. The minimum atomic E-state index is 0. The Bertz CT molecular complexity index is 714. The summed E-state index contributed by atoms with van der Waals surface area (Å²) in [5.74, 6) is 2.20. The molecule has 154 valence electrons. The van der Waals surface area contributed by atoms with Gasteiger partial charge in [-0.15, -0.1) is 24.0 Å². The third kappa shape index (κ3) is 7.58. The van der Waals surface area contributed by atoms with Crippen molar-refractivity contribution >= 4 is 35.6 Å². The summed E-state index contributed by atoms with van der Waals surface area (Å²) in [6.45, 7) is 3.86. The van der Waals surface area contributed by atoms with E-state index in [1.807, 2.05) is 26.2 Å². The summed E-state index contributed by atoms with van der Waals surface area (Å²) in [4.78, 5) is 6.41. The maximum atomic E-state index is 5.22. The molecule has 0 aliphatic rings. The Morgan fingerprint density at radius 3 is 2.21 bits per heavy atom. The minimum absolute atomic E-state index is 0. The Labute approximate surface area is 186 Å². The molecule has 5 nitrogen and oxygen atoms in total. The summed E-state index contributed by atoms with van der Waals surface area (Å²) in [5.41, 5.74) is 3.76. The molecule has 1 atom stereocenters. The van der Waals surface area contributed by atoms with Crippen molar-refractivity contribution in [2.45, 2.75) is 25.8 Å². The number of rotatable bonds is 8. The van der Waals surface area contributed by atoms with Crippen LogP contribution in [0.4, 0.5) is 5.69 Å². The van der Waals surface area contributed by atoms with Gasteiger partial charge in [0.25, 0.3) is 0 Å². The Kier molecular flexibility index (Phi) is 10.7. The average molecular weight is 496 g/mol. The fourth-order valence-electron chi connectivity index (χ4n) is 2.82. The van der Waals surface area contributed by atoms with Gasteiger partial charge in [-0.05, 0) is 47.7 Å². The lowest BCUT2D eigenvalue weighted by molar-refractivity contribution is 0.414. The molecule has 2 aromatic rings. The van der Waals surface area contributed by atoms with Crippen LogP contribution in [0.2, 0.25) is 0 Å². The molecule has 1 unspecified atom stereocenters. The van der Waals surface area contributed by atoms with Gasteiger partial charge in [0.05, 0.1) is 7.11 Å². The molecule has 0 aliphatic carbocycles. The molecule has 0 fully saturated rings. The predicted molar refractivity (Wildman–Crippen MR) is 130 cm³/mol. The fourth-order valence-corrected chi connectivity index (χ4v) is 2.82. The molecule has 2 aromatic carbocycles. The first-order chi connectivity index (χ1) is 13.0. The first-order valence-electron chi connectivity index (χ1n) is 9.38. The molecule has 0 bridgehead atoms. The van der Waals surface area contributed by atoms with E-state index in [0.29, 0.717) is 5.92 Å². The number of aliphatic imine (C=N–C) groups is 1. The summed E-state index contributed by atoms with van der Waals surface area (Å²) < 4.78 is 5.22. The zero-order valence-electron chi connectivity index (χ0n) is 17.5. The zero-order chi connectivity index (χ0) is 19.6. The highest BCUT2D eigenvalue weighted by Gasteiger charge is 2.06. The van der Waals surface area contributed by atoms with Crippen LogP contribution in [0.5, 0.6) is 5.75 Å². The highest BCUT2D eigenvalue weighted by molar-refractivity contribution is 14.0. The van der Waals surface area contributed by atoms with Gasteiger partial charge in [-0.3, -0.25) is 4.99 Å². The number of benzene rings is 2. The van der Waals surface area contributed by atoms with Crippen molar-refractivity contribution in [3.63, 3.8) is 0 Å². The van der Waals surface area contributed by atoms with Crippen LogP contribution in [-0.4, -0.2) is 40.8 Å². The Hall–Kier alpha value is -1.96. The van der Waals surface area contributed by atoms with Crippen LogP contribution in [0.15, 0.2) is 53.5 Å². The Balaban J connectivity index is 0.00000392. The number of hydrogen-bond acceptors (Lipinski definition) is 3. The number of ether oxygens (including phenoxy) is 1. The summed E-state index contributed by atoms with van der Waals surface area (Å²) >= 11 is 0. The van der Waals surface area contributed by atoms with Crippen molar-refractivity contribution < 1.29 is 4.74 Å². The second kappa shape index (κ2) is 12.5. The van der Waals surface area contributed by atoms with Crippen LogP contribution in [0.3, 0.4) is 0 Å². The largest absolute Gasteiger partial charge is 0.497 e. The minimum Gasteiger partial charge on any atom is -0.497 e. The number of hydrogen-bond donors (Lipinski definition) is 2. The number of halogens is 1. The van der Waals surface area contributed by atoms with E-state index in [-0.39, 0.29) is 24.0 Å². The highest BCUT2D eigenvalue weighted by Crippen LogP contribution is 2.21. The monoisotopic (exact) mass is 496 g/mol. The molecule has 0 aromatic heterocycles. The van der Waals surface area contributed by atoms with Crippen molar-refractivity contribution in [2.24, 2.45) is 4.99 Å². The number of anilines is 1. The molecule has 0 heterocycles. The summed E-state index contributed by atoms with van der Waals surface area (Å²) in [6, 6.07) is 16.8. The average Bonchev–Trinajstić information content (AvgIpc) is 2.70. The molecule has 2 rings (SSSR count). The van der Waals surface area contributed by atoms with E-state index < -0.39 is 0 Å². The van der Waals surface area contributed by atoms with Gasteiger partial charge in [-0.2, -0.15) is 0 Å². The number of guanidine groups is 1. The third-order valence-electron chi connectivity index (χ3n) is 4.69. The zero-order valence-corrected chi connectivity index (χ0v) is 19.9. The second-order valence-corrected chi connectivity index (χ2v) is 6.88. The SMILES string of the molecule is CN=C(NCCC(C)c1ccc(OC)cc1)NCc1ccc(N(C)C)cc1.I. The molecule has 0 aliphatic heterocycles. The van der Waals surface area contributed by atoms with E-state index in [9.17, 15) is 0 Å². The lowest BCUT2D eigenvalue weighted by Gasteiger charge is -2.16. The molecule has 0 spiro atoms. The summed E-state index contributed by atoms with van der Waals surface area (Å²) in [5, 5.41) is 6.77. The maximum Gasteiger partial charge on any atom is 0.191 e. The molecule has 0 saturated heterocycles. The van der Waals surface area contributed by atoms with E-state index in [4.69, 9.17) is 4.74 Å². The number of nitrogens with zero attached hydrogens (tertiary/aromatic N) is 2. The summed E-state index contributed by atoms with van der Waals surface area (Å²) in [6.07, 6.45) is 1.03. The van der Waals surface area contributed by atoms with E-state index in [0.717, 1.165) is 31.2 Å². The van der Waals surface area contributed by atoms with Crippen LogP contribution in [-0.2, 0) is 6.54 Å². The summed E-state index contributed by atoms with van der Waals surface area (Å²) in [7, 11) is 7.59. The van der Waals surface area contributed by atoms with Gasteiger partial charge in [0.15, 0.2) is 5.96 Å². The first-order valence-corrected chi connectivity index (χ1v) is 9.38. The normalized spacial score (nSPS) is 12.0. The fraction of sp³-hybridized carbons (Fsp3) is 0.409. The van der Waals surface area contributed by atoms with Crippen molar-refractivity contribution in [2.75, 3.05) is 39.7 Å². The van der Waals surface area contributed by atoms with E-state index in [2.05, 4.69) is 63.8 Å². The van der Waals surface area contributed by atoms with Gasteiger partial charge < -0.3 is 20.3 Å². The molecule has 6 heteroatoms. The van der Waals surface area contributed by atoms with Gasteiger partial charge in [0.2, 0.25) is 0 Å². The topological polar surface area (TPSA) is 48.9 Å². The number of methoxy groups -OCH3 is 1. The van der Waals surface area contributed by atoms with Crippen molar-refractivity contribution in [3.8, 4) is 5.75 Å². The smallest absolute Gasteiger partial charge is 0.191 e. The molecule has 0 radical (unpaired) electrons. The van der Waals surface area contributed by atoms with Crippen molar-refractivity contribution in [1.29, 1.82) is 0 Å². The van der Waals surface area contributed by atoms with E-state index in [1.165, 1.54) is 16.8 Å². The maximum absolute atomic E-state index is 5.22. The second-order valence-electron chi connectivity index (χ2n) is 6.88. The standard InChI is InChI=1S/C22H32N4O.HI/c1-17(19-8-12-21(27-5)13-9-19)14-15-24-22(23-2)25-16-18-6-10-20(11-7-18)26(3)4;/h6-13,17H,14-16H2,1-5H3,(H2,23,24,25);1H. The quantitative estimate of drug-likeness (QED) is 0.326. The molecule has 0 saturated carbocycles. The van der Waals surface area contributed by atoms with Crippen LogP contribution in [0, 0.1) is 0 Å². The molecule has 2 N–H and O–H groups in total. The molecule has 0 amide bonds. The van der Waals surface area contributed by atoms with Crippen LogP contribution in [0.1, 0.15) is 30.4 Å². The van der Waals surface area contributed by atoms with E-state index >= 15 is 0 Å². The van der Waals surface area contributed by atoms with Crippen LogP contribution < -0.4 is 20.3 Å². The Morgan fingerprint density at radius 2 is 1.68 bits per heavy atom. The molecular weight excluding hydrogens is 463 g/mol. The van der Waals surface area contributed by atoms with Gasteiger partial charge in [0.1, 0.15) is 5.75 Å². The van der Waals surface area contributed by atoms with Gasteiger partial charge in [-0.25, -0.2) is 0 Å². The lowest BCUT2D eigenvalue weighted by atomic mass is 9.98. The van der Waals surface area contributed by atoms with Crippen LogP contribution >= 0.6 is 24.0 Å². The van der Waals surface area contributed by atoms with Gasteiger partial charge >= 0.3 is 0 Å². The number of nitrogens with one attached hydrogen (secondary N) is 2. The molecular formula is C22H33IN4O. The van der Waals surface area contributed by atoms with Crippen LogP contribution in [0.25, 0.3) is 0 Å². The highest BCUT2D eigenvalue weighted by atomic mass is 127. The van der Waals surface area contributed by atoms with Gasteiger partial charge in [0, 0.05) is 39.9 Å². The van der Waals surface area contributed by atoms with Crippen molar-refractivity contribution in [1.82, 2.24) is 10.6 Å². The predicted octanol–water partition coefficient (Wildman–Crippen LogP) is 4.24.